The SMILES string of the molecule is Cc1ccc(-c2cc(C(=O)N3CCC(C(N)=O)C3)c3ccccc3n2)o1. The highest BCUT2D eigenvalue weighted by atomic mass is 16.3. The number of fused-ring (bicyclic) bond motifs is 1. The van der Waals surface area contributed by atoms with Crippen LogP contribution >= 0.6 is 0 Å². The lowest BCUT2D eigenvalue weighted by molar-refractivity contribution is -0.121. The molecule has 3 heterocycles. The van der Waals surface area contributed by atoms with E-state index >= 15 is 0 Å². The highest BCUT2D eigenvalue weighted by molar-refractivity contribution is 6.07. The van der Waals surface area contributed by atoms with Crippen molar-refractivity contribution in [3.63, 3.8) is 0 Å². The van der Waals surface area contributed by atoms with E-state index in [0.717, 1.165) is 16.7 Å². The number of likely N-dealkylation sites (tertiary alicyclic amines) is 1. The van der Waals surface area contributed by atoms with Gasteiger partial charge in [0.05, 0.1) is 17.0 Å². The third kappa shape index (κ3) is 2.83. The number of hydrogen-bond acceptors (Lipinski definition) is 4. The van der Waals surface area contributed by atoms with Crippen molar-refractivity contribution in [2.75, 3.05) is 13.1 Å². The second kappa shape index (κ2) is 6.29. The molecule has 6 heteroatoms. The van der Waals surface area contributed by atoms with E-state index in [1.165, 1.54) is 0 Å². The first kappa shape index (κ1) is 16.3. The molecule has 1 aliphatic rings. The first-order valence-corrected chi connectivity index (χ1v) is 8.58. The Bertz CT molecular complexity index is 1010. The van der Waals surface area contributed by atoms with Crippen LogP contribution in [0.2, 0.25) is 0 Å². The van der Waals surface area contributed by atoms with Crippen molar-refractivity contribution in [3.05, 3.63) is 53.8 Å². The highest BCUT2D eigenvalue weighted by Crippen LogP contribution is 2.28. The zero-order valence-electron chi connectivity index (χ0n) is 14.4. The molecule has 0 spiro atoms. The molecule has 0 saturated carbocycles. The Hall–Kier alpha value is -3.15. The fourth-order valence-corrected chi connectivity index (χ4v) is 3.40. The summed E-state index contributed by atoms with van der Waals surface area (Å²) in [5, 5.41) is 0.784. The number of amides is 2. The highest BCUT2D eigenvalue weighted by Gasteiger charge is 2.31. The molecular formula is C20H19N3O3. The number of hydrogen-bond donors (Lipinski definition) is 1. The van der Waals surface area contributed by atoms with Gasteiger partial charge in [-0.2, -0.15) is 0 Å². The van der Waals surface area contributed by atoms with Gasteiger partial charge in [-0.3, -0.25) is 9.59 Å². The van der Waals surface area contributed by atoms with Crippen LogP contribution in [-0.2, 0) is 4.79 Å². The van der Waals surface area contributed by atoms with Crippen LogP contribution < -0.4 is 5.73 Å². The van der Waals surface area contributed by atoms with Crippen LogP contribution in [0.3, 0.4) is 0 Å². The van der Waals surface area contributed by atoms with Crippen LogP contribution in [0.4, 0.5) is 0 Å². The van der Waals surface area contributed by atoms with Gasteiger partial charge in [-0.15, -0.1) is 0 Å². The van der Waals surface area contributed by atoms with Crippen molar-refractivity contribution in [2.45, 2.75) is 13.3 Å². The number of carbonyl (C=O) groups is 2. The van der Waals surface area contributed by atoms with Gasteiger partial charge in [0, 0.05) is 18.5 Å². The van der Waals surface area contributed by atoms with E-state index in [2.05, 4.69) is 4.98 Å². The van der Waals surface area contributed by atoms with Gasteiger partial charge in [0.2, 0.25) is 5.91 Å². The second-order valence-corrected chi connectivity index (χ2v) is 6.62. The third-order valence-electron chi connectivity index (χ3n) is 4.82. The van der Waals surface area contributed by atoms with Crippen LogP contribution in [0, 0.1) is 12.8 Å². The fourth-order valence-electron chi connectivity index (χ4n) is 3.40. The predicted molar refractivity (Wildman–Crippen MR) is 97.4 cm³/mol. The lowest BCUT2D eigenvalue weighted by atomic mass is 10.1. The third-order valence-corrected chi connectivity index (χ3v) is 4.82. The average molecular weight is 349 g/mol. The smallest absolute Gasteiger partial charge is 0.254 e. The number of carbonyl (C=O) groups excluding carboxylic acids is 2. The van der Waals surface area contributed by atoms with Gasteiger partial charge in [0.15, 0.2) is 5.76 Å². The van der Waals surface area contributed by atoms with Gasteiger partial charge >= 0.3 is 0 Å². The van der Waals surface area contributed by atoms with Gasteiger partial charge in [-0.05, 0) is 37.6 Å². The number of nitrogens with zero attached hydrogens (tertiary/aromatic N) is 2. The van der Waals surface area contributed by atoms with Gasteiger partial charge in [0.25, 0.3) is 5.91 Å². The number of primary amides is 1. The number of aromatic nitrogens is 1. The van der Waals surface area contributed by atoms with E-state index in [4.69, 9.17) is 10.2 Å². The summed E-state index contributed by atoms with van der Waals surface area (Å²) in [4.78, 5) is 30.9. The zero-order valence-corrected chi connectivity index (χ0v) is 14.4. The lowest BCUT2D eigenvalue weighted by Gasteiger charge is -2.17. The molecule has 2 aromatic heterocycles. The molecule has 0 bridgehead atoms. The van der Waals surface area contributed by atoms with Crippen molar-refractivity contribution < 1.29 is 14.0 Å². The maximum absolute atomic E-state index is 13.1. The minimum atomic E-state index is -0.355. The normalized spacial score (nSPS) is 17.0. The molecule has 2 N–H and O–H groups in total. The van der Waals surface area contributed by atoms with Crippen LogP contribution in [0.15, 0.2) is 46.9 Å². The summed E-state index contributed by atoms with van der Waals surface area (Å²) in [6.07, 6.45) is 0.605. The average Bonchev–Trinajstić information content (AvgIpc) is 3.29. The Morgan fingerprint density at radius 2 is 2.04 bits per heavy atom. The molecule has 1 unspecified atom stereocenters. The number of para-hydroxylation sites is 1. The first-order valence-electron chi connectivity index (χ1n) is 8.58. The fraction of sp³-hybridized carbons (Fsp3) is 0.250. The molecule has 132 valence electrons. The van der Waals surface area contributed by atoms with Gasteiger partial charge in [-0.1, -0.05) is 18.2 Å². The van der Waals surface area contributed by atoms with Crippen molar-refractivity contribution in [2.24, 2.45) is 11.7 Å². The Balaban J connectivity index is 1.78. The molecule has 26 heavy (non-hydrogen) atoms. The number of aryl methyl sites for hydroxylation is 1. The van der Waals surface area contributed by atoms with E-state index in [1.807, 2.05) is 43.3 Å². The van der Waals surface area contributed by atoms with Crippen LogP contribution in [0.25, 0.3) is 22.4 Å². The molecule has 3 aromatic rings. The van der Waals surface area contributed by atoms with Gasteiger partial charge < -0.3 is 15.1 Å². The topological polar surface area (TPSA) is 89.4 Å². The molecule has 6 nitrogen and oxygen atoms in total. The van der Waals surface area contributed by atoms with Crippen LogP contribution in [0.1, 0.15) is 22.5 Å². The minimum Gasteiger partial charge on any atom is -0.460 e. The quantitative estimate of drug-likeness (QED) is 0.787. The van der Waals surface area contributed by atoms with E-state index < -0.39 is 0 Å². The molecule has 0 aliphatic carbocycles. The van der Waals surface area contributed by atoms with Crippen molar-refractivity contribution in [3.8, 4) is 11.5 Å². The van der Waals surface area contributed by atoms with Crippen molar-refractivity contribution in [1.29, 1.82) is 0 Å². The molecule has 1 aromatic carbocycles. The number of nitrogens with two attached hydrogens (primary N) is 1. The zero-order chi connectivity index (χ0) is 18.3. The maximum atomic E-state index is 13.1. The Morgan fingerprint density at radius 1 is 1.23 bits per heavy atom. The summed E-state index contributed by atoms with van der Waals surface area (Å²) in [7, 11) is 0. The first-order chi connectivity index (χ1) is 12.5. The van der Waals surface area contributed by atoms with E-state index in [0.29, 0.717) is 36.5 Å². The Labute approximate surface area is 150 Å². The van der Waals surface area contributed by atoms with Crippen LogP contribution in [-0.4, -0.2) is 34.8 Å². The van der Waals surface area contributed by atoms with E-state index in [-0.39, 0.29) is 17.7 Å². The molecule has 1 saturated heterocycles. The molecule has 1 atom stereocenters. The molecule has 2 amide bonds. The molecule has 1 aliphatic heterocycles. The minimum absolute atomic E-state index is 0.114. The summed E-state index contributed by atoms with van der Waals surface area (Å²) < 4.78 is 5.68. The molecule has 1 fully saturated rings. The standard InChI is InChI=1S/C20H19N3O3/c1-12-6-7-18(26-12)17-10-15(14-4-2-3-5-16(14)22-17)20(25)23-9-8-13(11-23)19(21)24/h2-7,10,13H,8-9,11H2,1H3,(H2,21,24). The summed E-state index contributed by atoms with van der Waals surface area (Å²) in [6.45, 7) is 2.75. The monoisotopic (exact) mass is 349 g/mol. The Morgan fingerprint density at radius 3 is 2.73 bits per heavy atom. The summed E-state index contributed by atoms with van der Waals surface area (Å²) in [5.74, 6) is 0.660. The van der Waals surface area contributed by atoms with E-state index in [1.54, 1.807) is 11.0 Å². The number of furan rings is 1. The summed E-state index contributed by atoms with van der Waals surface area (Å²) in [6, 6.07) is 13.0. The number of benzene rings is 1. The lowest BCUT2D eigenvalue weighted by Crippen LogP contribution is -2.31. The van der Waals surface area contributed by atoms with Crippen molar-refractivity contribution in [1.82, 2.24) is 9.88 Å². The van der Waals surface area contributed by atoms with Gasteiger partial charge in [-0.25, -0.2) is 4.98 Å². The maximum Gasteiger partial charge on any atom is 0.254 e. The van der Waals surface area contributed by atoms with Crippen LogP contribution in [0.5, 0.6) is 0 Å². The summed E-state index contributed by atoms with van der Waals surface area (Å²) >= 11 is 0. The number of pyridine rings is 1. The predicted octanol–water partition coefficient (Wildman–Crippen LogP) is 2.75. The Kier molecular flexibility index (Phi) is 3.95. The molecule has 0 radical (unpaired) electrons. The largest absolute Gasteiger partial charge is 0.460 e. The van der Waals surface area contributed by atoms with E-state index in [9.17, 15) is 9.59 Å². The molecule has 4 rings (SSSR count). The van der Waals surface area contributed by atoms with Gasteiger partial charge in [0.1, 0.15) is 11.5 Å². The molecular weight excluding hydrogens is 330 g/mol. The summed E-state index contributed by atoms with van der Waals surface area (Å²) in [5.41, 5.74) is 7.30. The van der Waals surface area contributed by atoms with Crippen molar-refractivity contribution >= 4 is 22.7 Å². The second-order valence-electron chi connectivity index (χ2n) is 6.62. The number of rotatable bonds is 3.